The molecule has 35 heavy (non-hydrogen) atoms. The lowest BCUT2D eigenvalue weighted by molar-refractivity contribution is -0.192. The highest BCUT2D eigenvalue weighted by Crippen LogP contribution is 2.29. The standard InChI is InChI=1S/C21H25N3O2S2.C2HF3O2/c1-15-19(13-22-4)14-24(21(15)18-9-6-5-7-10-18)28(25,26)12-8-11-20-16(2)23-17(3)27-20;3-2(4,5)1(6)7/h5-11,14,22H,12-13H2,1-4H3;(H,6,7). The van der Waals surface area contributed by atoms with Crippen molar-refractivity contribution in [3.05, 3.63) is 69.3 Å². The van der Waals surface area contributed by atoms with Crippen LogP contribution in [0, 0.1) is 20.8 Å². The van der Waals surface area contributed by atoms with Gasteiger partial charge < -0.3 is 10.4 Å². The summed E-state index contributed by atoms with van der Waals surface area (Å²) in [6.45, 7) is 6.47. The van der Waals surface area contributed by atoms with Gasteiger partial charge in [0.15, 0.2) is 0 Å². The van der Waals surface area contributed by atoms with Gasteiger partial charge in [0.2, 0.25) is 10.0 Å². The van der Waals surface area contributed by atoms with E-state index in [2.05, 4.69) is 10.3 Å². The van der Waals surface area contributed by atoms with Crippen LogP contribution in [-0.4, -0.2) is 47.4 Å². The predicted molar refractivity (Wildman–Crippen MR) is 131 cm³/mol. The summed E-state index contributed by atoms with van der Waals surface area (Å²) in [6, 6.07) is 9.65. The topological polar surface area (TPSA) is 101 Å². The zero-order valence-electron chi connectivity index (χ0n) is 19.5. The van der Waals surface area contributed by atoms with E-state index in [4.69, 9.17) is 9.90 Å². The fraction of sp³-hybridized carbons (Fsp3) is 0.304. The van der Waals surface area contributed by atoms with Crippen LogP contribution in [0.3, 0.4) is 0 Å². The molecule has 0 bridgehead atoms. The van der Waals surface area contributed by atoms with Crippen molar-refractivity contribution in [3.63, 3.8) is 0 Å². The summed E-state index contributed by atoms with van der Waals surface area (Å²) in [5, 5.41) is 11.2. The third-order valence-electron chi connectivity index (χ3n) is 4.80. The molecule has 7 nitrogen and oxygen atoms in total. The molecule has 3 rings (SSSR count). The monoisotopic (exact) mass is 529 g/mol. The van der Waals surface area contributed by atoms with Crippen molar-refractivity contribution in [2.24, 2.45) is 0 Å². The Labute approximate surface area is 206 Å². The molecule has 0 saturated heterocycles. The van der Waals surface area contributed by atoms with Gasteiger partial charge in [0.05, 0.1) is 22.1 Å². The van der Waals surface area contributed by atoms with Crippen LogP contribution >= 0.6 is 11.3 Å². The average Bonchev–Trinajstić information content (AvgIpc) is 3.27. The summed E-state index contributed by atoms with van der Waals surface area (Å²) in [6.07, 6.45) is 0.210. The number of aryl methyl sites for hydroxylation is 2. The van der Waals surface area contributed by atoms with E-state index in [0.717, 1.165) is 38.0 Å². The number of halogens is 3. The molecular weight excluding hydrogens is 503 g/mol. The van der Waals surface area contributed by atoms with Gasteiger partial charge in [-0.3, -0.25) is 0 Å². The van der Waals surface area contributed by atoms with Crippen LogP contribution in [0.2, 0.25) is 0 Å². The summed E-state index contributed by atoms with van der Waals surface area (Å²) in [5.41, 5.74) is 4.49. The van der Waals surface area contributed by atoms with E-state index in [0.29, 0.717) is 6.54 Å². The van der Waals surface area contributed by atoms with E-state index < -0.39 is 22.2 Å². The van der Waals surface area contributed by atoms with Crippen molar-refractivity contribution in [2.75, 3.05) is 12.8 Å². The summed E-state index contributed by atoms with van der Waals surface area (Å²) in [4.78, 5) is 14.3. The van der Waals surface area contributed by atoms with E-state index in [-0.39, 0.29) is 5.75 Å². The van der Waals surface area contributed by atoms with Crippen molar-refractivity contribution in [3.8, 4) is 11.3 Å². The molecular formula is C23H26F3N3O4S2. The van der Waals surface area contributed by atoms with E-state index in [1.54, 1.807) is 23.6 Å². The fourth-order valence-electron chi connectivity index (χ4n) is 3.21. The smallest absolute Gasteiger partial charge is 0.475 e. The van der Waals surface area contributed by atoms with Gasteiger partial charge in [-0.25, -0.2) is 22.2 Å². The normalized spacial score (nSPS) is 12.0. The molecule has 3 aromatic rings. The highest BCUT2D eigenvalue weighted by atomic mass is 32.2. The maximum absolute atomic E-state index is 13.2. The van der Waals surface area contributed by atoms with Gasteiger partial charge in [-0.2, -0.15) is 13.2 Å². The van der Waals surface area contributed by atoms with Gasteiger partial charge in [0.25, 0.3) is 0 Å². The maximum Gasteiger partial charge on any atom is 0.490 e. The molecule has 0 unspecified atom stereocenters. The minimum absolute atomic E-state index is 0.0731. The van der Waals surface area contributed by atoms with Crippen LogP contribution in [0.1, 0.15) is 26.7 Å². The van der Waals surface area contributed by atoms with Crippen LogP contribution in [0.5, 0.6) is 0 Å². The molecule has 1 aromatic carbocycles. The highest BCUT2D eigenvalue weighted by molar-refractivity contribution is 7.90. The molecule has 0 aliphatic heterocycles. The number of alkyl halides is 3. The fourth-order valence-corrected chi connectivity index (χ4v) is 5.37. The number of nitrogens with one attached hydrogen (secondary N) is 1. The second-order valence-corrected chi connectivity index (χ2v) is 10.6. The summed E-state index contributed by atoms with van der Waals surface area (Å²) in [5.74, 6) is -2.83. The van der Waals surface area contributed by atoms with Gasteiger partial charge >= 0.3 is 12.1 Å². The minimum atomic E-state index is -5.08. The first-order chi connectivity index (χ1) is 16.3. The van der Waals surface area contributed by atoms with Crippen molar-refractivity contribution < 1.29 is 31.5 Å². The lowest BCUT2D eigenvalue weighted by atomic mass is 10.1. The number of nitrogens with zero attached hydrogens (tertiary/aromatic N) is 2. The molecule has 0 spiro atoms. The molecule has 2 aromatic heterocycles. The maximum atomic E-state index is 13.2. The molecule has 0 fully saturated rings. The third kappa shape index (κ3) is 7.51. The Hall–Kier alpha value is -2.96. The second kappa shape index (κ2) is 11.6. The van der Waals surface area contributed by atoms with Gasteiger partial charge in [-0.15, -0.1) is 11.3 Å². The molecule has 0 aliphatic carbocycles. The molecule has 0 saturated carbocycles. The Morgan fingerprint density at radius 2 is 1.80 bits per heavy atom. The number of carboxylic acid groups (broad SMARTS) is 1. The number of hydrogen-bond donors (Lipinski definition) is 2. The zero-order valence-corrected chi connectivity index (χ0v) is 21.2. The minimum Gasteiger partial charge on any atom is -0.475 e. The number of carbonyl (C=O) groups is 1. The Balaban J connectivity index is 0.000000540. The molecule has 0 amide bonds. The molecule has 12 heteroatoms. The van der Waals surface area contributed by atoms with Crippen molar-refractivity contribution in [1.29, 1.82) is 0 Å². The van der Waals surface area contributed by atoms with Crippen molar-refractivity contribution >= 4 is 33.4 Å². The SMILES string of the molecule is CNCc1cn(S(=O)(=O)CC=Cc2sc(C)nc2C)c(-c2ccccc2)c1C.O=C(O)C(F)(F)F. The van der Waals surface area contributed by atoms with Crippen molar-refractivity contribution in [1.82, 2.24) is 14.3 Å². The first-order valence-electron chi connectivity index (χ1n) is 10.3. The van der Waals surface area contributed by atoms with Crippen LogP contribution in [0.25, 0.3) is 17.3 Å². The third-order valence-corrected chi connectivity index (χ3v) is 7.34. The number of aromatic nitrogens is 2. The number of thiazole rings is 1. The lowest BCUT2D eigenvalue weighted by Crippen LogP contribution is -2.21. The molecule has 2 N–H and O–H groups in total. The summed E-state index contributed by atoms with van der Waals surface area (Å²) >= 11 is 1.57. The van der Waals surface area contributed by atoms with Crippen molar-refractivity contribution in [2.45, 2.75) is 33.5 Å². The van der Waals surface area contributed by atoms with Gasteiger partial charge in [-0.05, 0) is 50.6 Å². The van der Waals surface area contributed by atoms with Crippen LogP contribution in [-0.2, 0) is 21.4 Å². The molecule has 0 aliphatic rings. The van der Waals surface area contributed by atoms with E-state index in [1.807, 2.05) is 64.2 Å². The predicted octanol–water partition coefficient (Wildman–Crippen LogP) is 4.78. The number of aliphatic carboxylic acids is 1. The van der Waals surface area contributed by atoms with Gasteiger partial charge in [0.1, 0.15) is 0 Å². The number of hydrogen-bond acceptors (Lipinski definition) is 6. The number of benzene rings is 1. The summed E-state index contributed by atoms with van der Waals surface area (Å²) < 4.78 is 59.5. The molecule has 2 heterocycles. The van der Waals surface area contributed by atoms with E-state index >= 15 is 0 Å². The van der Waals surface area contributed by atoms with E-state index in [1.165, 1.54) is 3.97 Å². The molecule has 0 radical (unpaired) electrons. The number of rotatable bonds is 7. The highest BCUT2D eigenvalue weighted by Gasteiger charge is 2.38. The van der Waals surface area contributed by atoms with E-state index in [9.17, 15) is 21.6 Å². The Morgan fingerprint density at radius 3 is 2.29 bits per heavy atom. The molecule has 0 atom stereocenters. The average molecular weight is 530 g/mol. The zero-order chi connectivity index (χ0) is 26.4. The Morgan fingerprint density at radius 1 is 1.20 bits per heavy atom. The Kier molecular flexibility index (Phi) is 9.41. The number of carboxylic acids is 1. The van der Waals surface area contributed by atoms with Gasteiger partial charge in [-0.1, -0.05) is 36.4 Å². The first-order valence-corrected chi connectivity index (χ1v) is 12.7. The quantitative estimate of drug-likeness (QED) is 0.457. The lowest BCUT2D eigenvalue weighted by Gasteiger charge is -2.10. The van der Waals surface area contributed by atoms with Crippen LogP contribution in [0.4, 0.5) is 13.2 Å². The Bertz CT molecular complexity index is 1300. The second-order valence-electron chi connectivity index (χ2n) is 7.49. The van der Waals surface area contributed by atoms with Gasteiger partial charge in [0, 0.05) is 17.6 Å². The van der Waals surface area contributed by atoms with Crippen LogP contribution in [0.15, 0.2) is 42.6 Å². The first kappa shape index (κ1) is 28.3. The largest absolute Gasteiger partial charge is 0.490 e. The molecule has 190 valence electrons. The van der Waals surface area contributed by atoms with Crippen LogP contribution < -0.4 is 5.32 Å². The summed E-state index contributed by atoms with van der Waals surface area (Å²) in [7, 11) is -1.69.